The average molecular weight is 274 g/mol. The summed E-state index contributed by atoms with van der Waals surface area (Å²) in [5, 5.41) is 8.89. The number of nitriles is 1. The number of hydrogen-bond acceptors (Lipinski definition) is 4. The van der Waals surface area contributed by atoms with Crippen LogP contribution in [0.1, 0.15) is 24.2 Å². The number of hydrogen-bond donors (Lipinski definition) is 0. The summed E-state index contributed by atoms with van der Waals surface area (Å²) in [6.45, 7) is 5.60. The Bertz CT molecular complexity index is 536. The van der Waals surface area contributed by atoms with Crippen molar-refractivity contribution in [3.63, 3.8) is 0 Å². The zero-order valence-electron chi connectivity index (χ0n) is 11.8. The number of rotatable bonds is 4. The number of nitrogens with zero attached hydrogens (tertiary/aromatic N) is 2. The van der Waals surface area contributed by atoms with Gasteiger partial charge in [0.05, 0.1) is 17.6 Å². The molecule has 0 aromatic heterocycles. The van der Waals surface area contributed by atoms with Crippen LogP contribution in [0, 0.1) is 17.2 Å². The highest BCUT2D eigenvalue weighted by Gasteiger charge is 2.24. The smallest absolute Gasteiger partial charge is 0.257 e. The van der Waals surface area contributed by atoms with Gasteiger partial charge in [0.15, 0.2) is 11.5 Å². The Morgan fingerprint density at radius 1 is 1.45 bits per heavy atom. The lowest BCUT2D eigenvalue weighted by atomic mass is 10.1. The zero-order chi connectivity index (χ0) is 14.5. The van der Waals surface area contributed by atoms with E-state index in [9.17, 15) is 4.79 Å². The number of para-hydroxylation sites is 1. The standard InChI is InChI=1S/C15H18N2O3/c1-3-17(10-11(2)9-16)15(18)12-5-4-6-13-14(12)20-8-7-19-13/h4-6,11H,3,7-8,10H2,1-2H3. The zero-order valence-corrected chi connectivity index (χ0v) is 11.8. The van der Waals surface area contributed by atoms with E-state index in [1.54, 1.807) is 30.0 Å². The molecule has 1 heterocycles. The average Bonchev–Trinajstić information content (AvgIpc) is 2.51. The van der Waals surface area contributed by atoms with Gasteiger partial charge in [-0.05, 0) is 26.0 Å². The van der Waals surface area contributed by atoms with Gasteiger partial charge in [0.2, 0.25) is 0 Å². The van der Waals surface area contributed by atoms with Gasteiger partial charge in [-0.3, -0.25) is 4.79 Å². The Hall–Kier alpha value is -2.22. The molecular weight excluding hydrogens is 256 g/mol. The first-order chi connectivity index (χ1) is 9.67. The highest BCUT2D eigenvalue weighted by atomic mass is 16.6. The molecule has 0 fully saturated rings. The van der Waals surface area contributed by atoms with Crippen molar-refractivity contribution in [1.82, 2.24) is 4.90 Å². The third-order valence-electron chi connectivity index (χ3n) is 3.18. The van der Waals surface area contributed by atoms with E-state index in [0.29, 0.717) is 43.4 Å². The summed E-state index contributed by atoms with van der Waals surface area (Å²) in [5.41, 5.74) is 0.495. The second-order valence-corrected chi connectivity index (χ2v) is 4.70. The molecular formula is C15H18N2O3. The van der Waals surface area contributed by atoms with Crippen LogP contribution in [0.3, 0.4) is 0 Å². The molecule has 0 bridgehead atoms. The van der Waals surface area contributed by atoms with Gasteiger partial charge in [-0.1, -0.05) is 6.07 Å². The maximum atomic E-state index is 12.6. The molecule has 1 amide bonds. The van der Waals surface area contributed by atoms with Crippen LogP contribution in [0.5, 0.6) is 11.5 Å². The summed E-state index contributed by atoms with van der Waals surface area (Å²) in [7, 11) is 0. The molecule has 1 aromatic rings. The van der Waals surface area contributed by atoms with Crippen LogP contribution in [-0.2, 0) is 0 Å². The first-order valence-corrected chi connectivity index (χ1v) is 6.74. The van der Waals surface area contributed by atoms with E-state index in [2.05, 4.69) is 6.07 Å². The van der Waals surface area contributed by atoms with Gasteiger partial charge < -0.3 is 14.4 Å². The number of amides is 1. The van der Waals surface area contributed by atoms with Crippen molar-refractivity contribution in [3.05, 3.63) is 23.8 Å². The van der Waals surface area contributed by atoms with Crippen LogP contribution in [0.4, 0.5) is 0 Å². The Balaban J connectivity index is 2.26. The van der Waals surface area contributed by atoms with E-state index in [1.165, 1.54) is 0 Å². The van der Waals surface area contributed by atoms with Crippen molar-refractivity contribution in [2.75, 3.05) is 26.3 Å². The van der Waals surface area contributed by atoms with Crippen LogP contribution in [0.25, 0.3) is 0 Å². The predicted octanol–water partition coefficient (Wildman–Crippen LogP) is 2.08. The summed E-state index contributed by atoms with van der Waals surface area (Å²) in [6.07, 6.45) is 0. The molecule has 0 saturated carbocycles. The number of carbonyl (C=O) groups is 1. The minimum atomic E-state index is -0.199. The molecule has 5 nitrogen and oxygen atoms in total. The van der Waals surface area contributed by atoms with E-state index < -0.39 is 0 Å². The van der Waals surface area contributed by atoms with Crippen LogP contribution in [-0.4, -0.2) is 37.1 Å². The molecule has 106 valence electrons. The van der Waals surface area contributed by atoms with Crippen molar-refractivity contribution in [2.24, 2.45) is 5.92 Å². The first-order valence-electron chi connectivity index (χ1n) is 6.74. The van der Waals surface area contributed by atoms with E-state index in [1.807, 2.05) is 6.92 Å². The minimum absolute atomic E-state index is 0.128. The fraction of sp³-hybridized carbons (Fsp3) is 0.467. The Morgan fingerprint density at radius 3 is 2.90 bits per heavy atom. The molecule has 1 aliphatic rings. The summed E-state index contributed by atoms with van der Waals surface area (Å²) < 4.78 is 11.0. The van der Waals surface area contributed by atoms with Crippen molar-refractivity contribution in [1.29, 1.82) is 5.26 Å². The molecule has 1 atom stereocenters. The molecule has 1 aromatic carbocycles. The monoisotopic (exact) mass is 274 g/mol. The van der Waals surface area contributed by atoms with E-state index in [4.69, 9.17) is 14.7 Å². The molecule has 0 aliphatic carbocycles. The van der Waals surface area contributed by atoms with Gasteiger partial charge in [-0.25, -0.2) is 0 Å². The summed E-state index contributed by atoms with van der Waals surface area (Å²) >= 11 is 0. The highest BCUT2D eigenvalue weighted by Crippen LogP contribution is 2.34. The molecule has 0 spiro atoms. The van der Waals surface area contributed by atoms with Crippen molar-refractivity contribution >= 4 is 5.91 Å². The normalized spacial score (nSPS) is 14.2. The number of carbonyl (C=O) groups excluding carboxylic acids is 1. The van der Waals surface area contributed by atoms with E-state index >= 15 is 0 Å². The predicted molar refractivity (Wildman–Crippen MR) is 73.8 cm³/mol. The summed E-state index contributed by atoms with van der Waals surface area (Å²) in [4.78, 5) is 14.2. The number of benzene rings is 1. The largest absolute Gasteiger partial charge is 0.486 e. The van der Waals surface area contributed by atoms with Crippen LogP contribution in [0.15, 0.2) is 18.2 Å². The molecule has 0 N–H and O–H groups in total. The summed E-state index contributed by atoms with van der Waals surface area (Å²) in [5.74, 6) is 0.783. The summed E-state index contributed by atoms with van der Waals surface area (Å²) in [6, 6.07) is 7.45. The molecule has 0 radical (unpaired) electrons. The maximum absolute atomic E-state index is 12.6. The topological polar surface area (TPSA) is 62.6 Å². The van der Waals surface area contributed by atoms with E-state index in [0.717, 1.165) is 0 Å². The lowest BCUT2D eigenvalue weighted by molar-refractivity contribution is 0.0742. The SMILES string of the molecule is CCN(CC(C)C#N)C(=O)c1cccc2c1OCCO2. The second-order valence-electron chi connectivity index (χ2n) is 4.70. The molecule has 5 heteroatoms. The van der Waals surface area contributed by atoms with E-state index in [-0.39, 0.29) is 11.8 Å². The van der Waals surface area contributed by atoms with Gasteiger partial charge in [-0.2, -0.15) is 5.26 Å². The fourth-order valence-corrected chi connectivity index (χ4v) is 2.14. The Kier molecular flexibility index (Phi) is 4.46. The number of ether oxygens (including phenoxy) is 2. The van der Waals surface area contributed by atoms with Crippen molar-refractivity contribution in [2.45, 2.75) is 13.8 Å². The Labute approximate surface area is 118 Å². The maximum Gasteiger partial charge on any atom is 0.257 e. The van der Waals surface area contributed by atoms with Crippen molar-refractivity contribution in [3.8, 4) is 17.6 Å². The first kappa shape index (κ1) is 14.2. The van der Waals surface area contributed by atoms with Crippen molar-refractivity contribution < 1.29 is 14.3 Å². The van der Waals surface area contributed by atoms with Crippen LogP contribution < -0.4 is 9.47 Å². The van der Waals surface area contributed by atoms with Gasteiger partial charge in [0.1, 0.15) is 13.2 Å². The van der Waals surface area contributed by atoms with Gasteiger partial charge in [0, 0.05) is 13.1 Å². The fourth-order valence-electron chi connectivity index (χ4n) is 2.14. The quantitative estimate of drug-likeness (QED) is 0.843. The molecule has 1 aliphatic heterocycles. The lowest BCUT2D eigenvalue weighted by Crippen LogP contribution is -2.35. The molecule has 20 heavy (non-hydrogen) atoms. The third-order valence-corrected chi connectivity index (χ3v) is 3.18. The third kappa shape index (κ3) is 2.85. The van der Waals surface area contributed by atoms with Crippen LogP contribution in [0.2, 0.25) is 0 Å². The van der Waals surface area contributed by atoms with Gasteiger partial charge in [-0.15, -0.1) is 0 Å². The second kappa shape index (κ2) is 6.29. The van der Waals surface area contributed by atoms with Gasteiger partial charge in [0.25, 0.3) is 5.91 Å². The Morgan fingerprint density at radius 2 is 2.20 bits per heavy atom. The molecule has 1 unspecified atom stereocenters. The molecule has 0 saturated heterocycles. The minimum Gasteiger partial charge on any atom is -0.486 e. The lowest BCUT2D eigenvalue weighted by Gasteiger charge is -2.25. The molecule has 2 rings (SSSR count). The highest BCUT2D eigenvalue weighted by molar-refractivity contribution is 5.97. The van der Waals surface area contributed by atoms with Crippen LogP contribution >= 0.6 is 0 Å². The van der Waals surface area contributed by atoms with Gasteiger partial charge >= 0.3 is 0 Å². The number of fused-ring (bicyclic) bond motifs is 1.